The van der Waals surface area contributed by atoms with Gasteiger partial charge in [-0.3, -0.25) is 0 Å². The first-order valence-electron chi connectivity index (χ1n) is 5.67. The third kappa shape index (κ3) is 3.09. The van der Waals surface area contributed by atoms with Crippen LogP contribution in [0.25, 0.3) is 0 Å². The Balaban J connectivity index is 2.16. The summed E-state index contributed by atoms with van der Waals surface area (Å²) in [5, 5.41) is 15.4. The fraction of sp³-hybridized carbons (Fsp3) is 0.231. The van der Waals surface area contributed by atoms with Crippen LogP contribution in [-0.2, 0) is 12.7 Å². The highest BCUT2D eigenvalue weighted by Gasteiger charge is 2.33. The molecule has 0 saturated carbocycles. The largest absolute Gasteiger partial charge is 0.417 e. The van der Waals surface area contributed by atoms with Gasteiger partial charge in [0.05, 0.1) is 29.4 Å². The Morgan fingerprint density at radius 2 is 2.10 bits per heavy atom. The molecule has 0 aliphatic carbocycles. The lowest BCUT2D eigenvalue weighted by Gasteiger charge is -2.10. The van der Waals surface area contributed by atoms with Crippen molar-refractivity contribution in [1.82, 2.24) is 5.16 Å². The molecule has 0 fully saturated rings. The highest BCUT2D eigenvalue weighted by Crippen LogP contribution is 2.33. The van der Waals surface area contributed by atoms with E-state index in [4.69, 9.17) is 9.78 Å². The number of nitrogens with one attached hydrogen (secondary N) is 1. The van der Waals surface area contributed by atoms with Crippen LogP contribution >= 0.6 is 0 Å². The molecule has 1 aromatic heterocycles. The Bertz CT molecular complexity index is 656. The van der Waals surface area contributed by atoms with E-state index < -0.39 is 17.3 Å². The van der Waals surface area contributed by atoms with Gasteiger partial charge in [0.15, 0.2) is 5.76 Å². The van der Waals surface area contributed by atoms with E-state index in [1.54, 1.807) is 19.1 Å². The van der Waals surface area contributed by atoms with Crippen LogP contribution < -0.4 is 5.32 Å². The first-order valence-corrected chi connectivity index (χ1v) is 5.67. The SMILES string of the molecule is Cc1cc(CNc2ccc(C(F)(F)F)c(C#N)c2)on1. The molecule has 2 aromatic rings. The second-order valence-electron chi connectivity index (χ2n) is 4.16. The quantitative estimate of drug-likeness (QED) is 0.935. The number of nitriles is 1. The summed E-state index contributed by atoms with van der Waals surface area (Å²) in [5.41, 5.74) is -0.243. The molecule has 104 valence electrons. The van der Waals surface area contributed by atoms with Crippen LogP contribution in [0.2, 0.25) is 0 Å². The summed E-state index contributed by atoms with van der Waals surface area (Å²) in [4.78, 5) is 0. The first-order chi connectivity index (χ1) is 9.40. The molecule has 0 radical (unpaired) electrons. The van der Waals surface area contributed by atoms with Crippen LogP contribution in [0.1, 0.15) is 22.6 Å². The molecular formula is C13H10F3N3O. The minimum atomic E-state index is -4.54. The van der Waals surface area contributed by atoms with Crippen LogP contribution in [0.4, 0.5) is 18.9 Å². The number of anilines is 1. The van der Waals surface area contributed by atoms with Crippen LogP contribution in [0, 0.1) is 18.3 Å². The predicted molar refractivity (Wildman–Crippen MR) is 64.7 cm³/mol. The maximum Gasteiger partial charge on any atom is 0.417 e. The lowest BCUT2D eigenvalue weighted by atomic mass is 10.1. The number of rotatable bonds is 3. The van der Waals surface area contributed by atoms with Crippen molar-refractivity contribution in [2.45, 2.75) is 19.6 Å². The van der Waals surface area contributed by atoms with E-state index in [0.29, 0.717) is 17.1 Å². The van der Waals surface area contributed by atoms with Gasteiger partial charge in [-0.25, -0.2) is 0 Å². The summed E-state index contributed by atoms with van der Waals surface area (Å²) < 4.78 is 42.8. The summed E-state index contributed by atoms with van der Waals surface area (Å²) in [6.07, 6.45) is -4.54. The Labute approximate surface area is 112 Å². The number of benzene rings is 1. The number of hydrogen-bond donors (Lipinski definition) is 1. The lowest BCUT2D eigenvalue weighted by Crippen LogP contribution is -2.08. The molecule has 0 unspecified atom stereocenters. The van der Waals surface area contributed by atoms with Crippen molar-refractivity contribution in [3.05, 3.63) is 46.8 Å². The van der Waals surface area contributed by atoms with Crippen molar-refractivity contribution in [3.8, 4) is 6.07 Å². The maximum atomic E-state index is 12.6. The van der Waals surface area contributed by atoms with Gasteiger partial charge in [-0.05, 0) is 25.1 Å². The van der Waals surface area contributed by atoms with E-state index >= 15 is 0 Å². The zero-order valence-corrected chi connectivity index (χ0v) is 10.5. The summed E-state index contributed by atoms with van der Waals surface area (Å²) in [5.74, 6) is 0.556. The molecule has 0 spiro atoms. The van der Waals surface area contributed by atoms with Crippen LogP contribution in [-0.4, -0.2) is 5.16 Å². The lowest BCUT2D eigenvalue weighted by molar-refractivity contribution is -0.137. The standard InChI is InChI=1S/C13H10F3N3O/c1-8-4-11(20-19-8)7-18-10-2-3-12(13(14,15)16)9(5-10)6-17/h2-5,18H,7H2,1H3. The summed E-state index contributed by atoms with van der Waals surface area (Å²) in [7, 11) is 0. The molecule has 4 nitrogen and oxygen atoms in total. The summed E-state index contributed by atoms with van der Waals surface area (Å²) in [6.45, 7) is 2.04. The molecule has 1 aromatic carbocycles. The predicted octanol–water partition coefficient (Wildman–Crippen LogP) is 3.49. The molecule has 0 saturated heterocycles. The van der Waals surface area contributed by atoms with Crippen molar-refractivity contribution in [1.29, 1.82) is 5.26 Å². The van der Waals surface area contributed by atoms with E-state index in [1.807, 2.05) is 0 Å². The highest BCUT2D eigenvalue weighted by atomic mass is 19.4. The van der Waals surface area contributed by atoms with E-state index in [1.165, 1.54) is 6.07 Å². The monoisotopic (exact) mass is 281 g/mol. The Kier molecular flexibility index (Phi) is 3.66. The average Bonchev–Trinajstić information content (AvgIpc) is 2.80. The van der Waals surface area contributed by atoms with Crippen LogP contribution in [0.5, 0.6) is 0 Å². The molecule has 0 bridgehead atoms. The molecule has 0 atom stereocenters. The van der Waals surface area contributed by atoms with Gasteiger partial charge in [0, 0.05) is 11.8 Å². The fourth-order valence-corrected chi connectivity index (χ4v) is 1.68. The second-order valence-corrected chi connectivity index (χ2v) is 4.16. The van der Waals surface area contributed by atoms with E-state index in [9.17, 15) is 13.2 Å². The van der Waals surface area contributed by atoms with Gasteiger partial charge >= 0.3 is 6.18 Å². The zero-order valence-electron chi connectivity index (χ0n) is 10.5. The molecule has 2 rings (SSSR count). The molecule has 20 heavy (non-hydrogen) atoms. The number of hydrogen-bond acceptors (Lipinski definition) is 4. The smallest absolute Gasteiger partial charge is 0.378 e. The van der Waals surface area contributed by atoms with Gasteiger partial charge in [0.25, 0.3) is 0 Å². The normalized spacial score (nSPS) is 11.2. The average molecular weight is 281 g/mol. The van der Waals surface area contributed by atoms with Crippen molar-refractivity contribution >= 4 is 5.69 Å². The van der Waals surface area contributed by atoms with Gasteiger partial charge in [0.1, 0.15) is 0 Å². The van der Waals surface area contributed by atoms with Crippen LogP contribution in [0.3, 0.4) is 0 Å². The molecule has 0 amide bonds. The van der Waals surface area contributed by atoms with Gasteiger partial charge < -0.3 is 9.84 Å². The van der Waals surface area contributed by atoms with Crippen molar-refractivity contribution in [3.63, 3.8) is 0 Å². The van der Waals surface area contributed by atoms with Crippen molar-refractivity contribution in [2.75, 3.05) is 5.32 Å². The molecule has 0 aliphatic heterocycles. The Hall–Kier alpha value is -2.49. The van der Waals surface area contributed by atoms with Gasteiger partial charge in [-0.2, -0.15) is 18.4 Å². The summed E-state index contributed by atoms with van der Waals surface area (Å²) >= 11 is 0. The number of nitrogens with zero attached hydrogens (tertiary/aromatic N) is 2. The molecule has 1 N–H and O–H groups in total. The highest BCUT2D eigenvalue weighted by molar-refractivity contribution is 5.53. The topological polar surface area (TPSA) is 61.9 Å². The maximum absolute atomic E-state index is 12.6. The molecule has 0 aliphatic rings. The minimum Gasteiger partial charge on any atom is -0.378 e. The Morgan fingerprint density at radius 1 is 1.35 bits per heavy atom. The minimum absolute atomic E-state index is 0.275. The van der Waals surface area contributed by atoms with Gasteiger partial charge in [-0.15, -0.1) is 0 Å². The Morgan fingerprint density at radius 3 is 2.65 bits per heavy atom. The fourth-order valence-electron chi connectivity index (χ4n) is 1.68. The molecular weight excluding hydrogens is 271 g/mol. The second kappa shape index (κ2) is 5.25. The van der Waals surface area contributed by atoms with E-state index in [0.717, 1.165) is 12.1 Å². The van der Waals surface area contributed by atoms with E-state index in [2.05, 4.69) is 10.5 Å². The third-order valence-corrected chi connectivity index (χ3v) is 2.59. The van der Waals surface area contributed by atoms with Crippen LogP contribution in [0.15, 0.2) is 28.8 Å². The van der Waals surface area contributed by atoms with Crippen molar-refractivity contribution in [2.24, 2.45) is 0 Å². The van der Waals surface area contributed by atoms with Crippen molar-refractivity contribution < 1.29 is 17.7 Å². The zero-order chi connectivity index (χ0) is 14.8. The van der Waals surface area contributed by atoms with Gasteiger partial charge in [0.2, 0.25) is 0 Å². The molecule has 7 heteroatoms. The molecule has 1 heterocycles. The van der Waals surface area contributed by atoms with Gasteiger partial charge in [-0.1, -0.05) is 5.16 Å². The first kappa shape index (κ1) is 13.9. The third-order valence-electron chi connectivity index (χ3n) is 2.59. The number of halogens is 3. The number of aryl methyl sites for hydroxylation is 1. The number of alkyl halides is 3. The summed E-state index contributed by atoms with van der Waals surface area (Å²) in [6, 6.07) is 6.57. The number of aromatic nitrogens is 1. The van der Waals surface area contributed by atoms with E-state index in [-0.39, 0.29) is 6.54 Å².